The van der Waals surface area contributed by atoms with Crippen molar-refractivity contribution in [1.82, 2.24) is 18.9 Å². The number of benzene rings is 2. The van der Waals surface area contributed by atoms with E-state index in [1.54, 1.807) is 42.1 Å². The molecule has 2 aromatic carbocycles. The van der Waals surface area contributed by atoms with Gasteiger partial charge in [0.15, 0.2) is 17.4 Å². The van der Waals surface area contributed by atoms with Crippen LogP contribution in [0.1, 0.15) is 11.4 Å². The first kappa shape index (κ1) is 20.2. The maximum absolute atomic E-state index is 14.3. The highest BCUT2D eigenvalue weighted by Gasteiger charge is 2.18. The second kappa shape index (κ2) is 8.05. The minimum Gasteiger partial charge on any atom is -0.435 e. The van der Waals surface area contributed by atoms with Crippen LogP contribution in [-0.2, 0) is 7.05 Å². The number of hydrogen-bond donors (Lipinski definition) is 0. The van der Waals surface area contributed by atoms with Gasteiger partial charge in [-0.2, -0.15) is 10.2 Å². The third-order valence-corrected chi connectivity index (χ3v) is 5.21. The lowest BCUT2D eigenvalue weighted by atomic mass is 10.1. The van der Waals surface area contributed by atoms with Crippen molar-refractivity contribution < 1.29 is 9.13 Å². The average Bonchev–Trinajstić information content (AvgIpc) is 3.17. The molecule has 0 atom stereocenters. The van der Waals surface area contributed by atoms with Gasteiger partial charge >= 0.3 is 0 Å². The summed E-state index contributed by atoms with van der Waals surface area (Å²) in [5.74, 6) is -0.408. The van der Waals surface area contributed by atoms with E-state index in [0.717, 1.165) is 5.52 Å². The molecule has 7 nitrogen and oxygen atoms in total. The van der Waals surface area contributed by atoms with Crippen LogP contribution >= 0.6 is 0 Å². The maximum Gasteiger partial charge on any atom is 0.269 e. The number of rotatable bonds is 4. The number of fused-ring (bicyclic) bond motifs is 2. The SMILES string of the molecule is Cn1c(/C(C#N)=C/c2c(Oc3ccccc3F)nc3ccccn3c2=O)nc2ccccc21. The third-order valence-electron chi connectivity index (χ3n) is 5.21. The molecule has 5 aromatic rings. The first-order chi connectivity index (χ1) is 16.1. The van der Waals surface area contributed by atoms with Crippen LogP contribution in [0.25, 0.3) is 28.3 Å². The molecule has 33 heavy (non-hydrogen) atoms. The van der Waals surface area contributed by atoms with Crippen molar-refractivity contribution in [2.24, 2.45) is 7.05 Å². The van der Waals surface area contributed by atoms with Crippen molar-refractivity contribution in [3.05, 3.63) is 100 Å². The van der Waals surface area contributed by atoms with Crippen LogP contribution in [0.3, 0.4) is 0 Å². The normalized spacial score (nSPS) is 11.6. The van der Waals surface area contributed by atoms with Gasteiger partial charge in [-0.15, -0.1) is 0 Å². The summed E-state index contributed by atoms with van der Waals surface area (Å²) in [4.78, 5) is 22.3. The number of hydrogen-bond acceptors (Lipinski definition) is 5. The monoisotopic (exact) mass is 437 g/mol. The molecule has 5 rings (SSSR count). The van der Waals surface area contributed by atoms with Crippen LogP contribution in [0, 0.1) is 17.1 Å². The van der Waals surface area contributed by atoms with E-state index >= 15 is 0 Å². The Kier molecular flexibility index (Phi) is 4.92. The van der Waals surface area contributed by atoms with Gasteiger partial charge in [0.25, 0.3) is 5.56 Å². The van der Waals surface area contributed by atoms with E-state index in [4.69, 9.17) is 4.74 Å². The van der Waals surface area contributed by atoms with Crippen molar-refractivity contribution in [3.63, 3.8) is 0 Å². The number of ether oxygens (including phenoxy) is 1. The summed E-state index contributed by atoms with van der Waals surface area (Å²) < 4.78 is 23.1. The van der Waals surface area contributed by atoms with E-state index in [0.29, 0.717) is 17.0 Å². The molecule has 0 aliphatic rings. The van der Waals surface area contributed by atoms with Gasteiger partial charge in [-0.05, 0) is 42.5 Å². The van der Waals surface area contributed by atoms with Crippen LogP contribution in [0.15, 0.2) is 77.7 Å². The quantitative estimate of drug-likeness (QED) is 0.384. The molecule has 0 saturated heterocycles. The molecule has 0 bridgehead atoms. The summed E-state index contributed by atoms with van der Waals surface area (Å²) in [6.07, 6.45) is 2.95. The molecule has 0 radical (unpaired) electrons. The second-order valence-electron chi connectivity index (χ2n) is 7.25. The van der Waals surface area contributed by atoms with E-state index in [-0.39, 0.29) is 22.8 Å². The zero-order valence-corrected chi connectivity index (χ0v) is 17.4. The lowest BCUT2D eigenvalue weighted by Gasteiger charge is -2.11. The predicted molar refractivity (Wildman–Crippen MR) is 122 cm³/mol. The molecule has 0 unspecified atom stereocenters. The number of pyridine rings is 1. The van der Waals surface area contributed by atoms with Crippen molar-refractivity contribution >= 4 is 28.3 Å². The zero-order chi connectivity index (χ0) is 22.9. The van der Waals surface area contributed by atoms with Crippen molar-refractivity contribution in [2.45, 2.75) is 0 Å². The number of imidazole rings is 1. The Hall–Kier alpha value is -4.77. The summed E-state index contributed by atoms with van der Waals surface area (Å²) in [6.45, 7) is 0. The fourth-order valence-electron chi connectivity index (χ4n) is 3.59. The van der Waals surface area contributed by atoms with Crippen LogP contribution in [0.5, 0.6) is 11.6 Å². The molecule has 0 aliphatic carbocycles. The molecule has 0 spiro atoms. The Bertz CT molecular complexity index is 1660. The largest absolute Gasteiger partial charge is 0.435 e. The van der Waals surface area contributed by atoms with Gasteiger partial charge in [-0.3, -0.25) is 9.20 Å². The second-order valence-corrected chi connectivity index (χ2v) is 7.25. The van der Waals surface area contributed by atoms with Gasteiger partial charge in [0, 0.05) is 13.2 Å². The summed E-state index contributed by atoms with van der Waals surface area (Å²) >= 11 is 0. The van der Waals surface area contributed by atoms with E-state index in [9.17, 15) is 14.4 Å². The fraction of sp³-hybridized carbons (Fsp3) is 0.0400. The smallest absolute Gasteiger partial charge is 0.269 e. The molecule has 3 heterocycles. The van der Waals surface area contributed by atoms with Crippen LogP contribution in [0.4, 0.5) is 4.39 Å². The van der Waals surface area contributed by atoms with Crippen molar-refractivity contribution in [2.75, 3.05) is 0 Å². The molecule has 160 valence electrons. The molecule has 0 fully saturated rings. The minimum atomic E-state index is -0.599. The first-order valence-corrected chi connectivity index (χ1v) is 10.0. The molecule has 0 amide bonds. The Morgan fingerprint density at radius 1 is 1.06 bits per heavy atom. The lowest BCUT2D eigenvalue weighted by molar-refractivity contribution is 0.426. The number of nitriles is 1. The summed E-state index contributed by atoms with van der Waals surface area (Å²) in [7, 11) is 1.79. The van der Waals surface area contributed by atoms with Crippen LogP contribution < -0.4 is 10.3 Å². The molecule has 0 aliphatic heterocycles. The highest BCUT2D eigenvalue weighted by atomic mass is 19.1. The van der Waals surface area contributed by atoms with Gasteiger partial charge in [0.05, 0.1) is 16.6 Å². The first-order valence-electron chi connectivity index (χ1n) is 10.0. The molecule has 0 saturated carbocycles. The highest BCUT2D eigenvalue weighted by Crippen LogP contribution is 2.28. The molecular weight excluding hydrogens is 421 g/mol. The van der Waals surface area contributed by atoms with Crippen LogP contribution in [-0.4, -0.2) is 18.9 Å². The lowest BCUT2D eigenvalue weighted by Crippen LogP contribution is -2.19. The average molecular weight is 437 g/mol. The molecule has 3 aromatic heterocycles. The minimum absolute atomic E-state index is 0.00515. The zero-order valence-electron chi connectivity index (χ0n) is 17.4. The Balaban J connectivity index is 1.75. The van der Waals surface area contributed by atoms with Crippen molar-refractivity contribution in [1.29, 1.82) is 5.26 Å². The van der Waals surface area contributed by atoms with Crippen LogP contribution in [0.2, 0.25) is 0 Å². The number of halogens is 1. The topological polar surface area (TPSA) is 85.2 Å². The van der Waals surface area contributed by atoms with E-state index in [2.05, 4.69) is 16.0 Å². The number of nitrogens with zero attached hydrogens (tertiary/aromatic N) is 5. The van der Waals surface area contributed by atoms with Gasteiger partial charge in [-0.25, -0.2) is 9.37 Å². The van der Waals surface area contributed by atoms with E-state index in [1.807, 2.05) is 24.3 Å². The molecular formula is C25H16FN5O2. The van der Waals surface area contributed by atoms with Gasteiger partial charge < -0.3 is 9.30 Å². The number of aromatic nitrogens is 4. The molecule has 0 N–H and O–H groups in total. The number of allylic oxidation sites excluding steroid dienone is 1. The van der Waals surface area contributed by atoms with Crippen molar-refractivity contribution in [3.8, 4) is 17.7 Å². The Morgan fingerprint density at radius 3 is 2.61 bits per heavy atom. The Labute approximate surface area is 187 Å². The van der Waals surface area contributed by atoms with Gasteiger partial charge in [0.1, 0.15) is 17.3 Å². The number of aryl methyl sites for hydroxylation is 1. The maximum atomic E-state index is 14.3. The summed E-state index contributed by atoms with van der Waals surface area (Å²) in [5, 5.41) is 9.92. The third kappa shape index (κ3) is 3.51. The standard InChI is InChI=1S/C25H16FN5O2/c1-30-20-10-4-3-9-19(20)28-23(30)16(15-27)14-17-24(33-21-11-5-2-8-18(21)26)29-22-12-6-7-13-31(22)25(17)32/h2-14H,1H3/b16-14+. The summed E-state index contributed by atoms with van der Waals surface area (Å²) in [5.41, 5.74) is 1.57. The van der Waals surface area contributed by atoms with E-state index in [1.165, 1.54) is 28.7 Å². The van der Waals surface area contributed by atoms with E-state index < -0.39 is 11.4 Å². The highest BCUT2D eigenvalue weighted by molar-refractivity contribution is 5.91. The Morgan fingerprint density at radius 2 is 1.82 bits per heavy atom. The summed E-state index contributed by atoms with van der Waals surface area (Å²) in [6, 6.07) is 20.5. The number of para-hydroxylation sites is 3. The fourth-order valence-corrected chi connectivity index (χ4v) is 3.59. The predicted octanol–water partition coefficient (Wildman–Crippen LogP) is 4.58. The van der Waals surface area contributed by atoms with Gasteiger partial charge in [-0.1, -0.05) is 30.3 Å². The molecule has 8 heteroatoms. The van der Waals surface area contributed by atoms with Gasteiger partial charge in [0.2, 0.25) is 5.88 Å².